The van der Waals surface area contributed by atoms with Crippen molar-refractivity contribution in [1.29, 1.82) is 0 Å². The van der Waals surface area contributed by atoms with Gasteiger partial charge >= 0.3 is 0 Å². The third kappa shape index (κ3) is 1.88. The minimum Gasteiger partial charge on any atom is -0.303 e. The molecule has 1 nitrogen and oxygen atoms in total. The number of benzene rings is 1. The van der Waals surface area contributed by atoms with Crippen LogP contribution in [0.4, 0.5) is 8.78 Å². The normalized spacial score (nSPS) is 9.92. The maximum Gasteiger partial charge on any atom is 0.137 e. The Morgan fingerprint density at radius 2 is 2.00 bits per heavy atom. The SMILES string of the molecule is O=CCc1cc(F)c(Br)cc1F. The molecule has 0 saturated carbocycles. The fourth-order valence-corrected chi connectivity index (χ4v) is 1.13. The Balaban J connectivity index is 3.13. The fourth-order valence-electron chi connectivity index (χ4n) is 0.810. The first kappa shape index (κ1) is 9.32. The van der Waals surface area contributed by atoms with E-state index in [9.17, 15) is 13.6 Å². The van der Waals surface area contributed by atoms with Crippen molar-refractivity contribution in [3.63, 3.8) is 0 Å². The summed E-state index contributed by atoms with van der Waals surface area (Å²) in [5.41, 5.74) is 0.0747. The average Bonchev–Trinajstić information content (AvgIpc) is 2.01. The summed E-state index contributed by atoms with van der Waals surface area (Å²) in [5.74, 6) is -1.14. The molecule has 0 radical (unpaired) electrons. The average molecular weight is 235 g/mol. The monoisotopic (exact) mass is 234 g/mol. The second kappa shape index (κ2) is 3.76. The van der Waals surface area contributed by atoms with E-state index in [0.29, 0.717) is 6.29 Å². The Bertz CT molecular complexity index is 312. The standard InChI is InChI=1S/C8H5BrF2O/c9-6-4-7(10)5(1-2-12)3-8(6)11/h2-4H,1H2. The summed E-state index contributed by atoms with van der Waals surface area (Å²) in [4.78, 5) is 10.0. The largest absolute Gasteiger partial charge is 0.303 e. The van der Waals surface area contributed by atoms with E-state index < -0.39 is 11.6 Å². The maximum absolute atomic E-state index is 12.9. The highest BCUT2D eigenvalue weighted by Gasteiger charge is 2.06. The summed E-state index contributed by atoms with van der Waals surface area (Å²) in [7, 11) is 0. The van der Waals surface area contributed by atoms with E-state index in [4.69, 9.17) is 0 Å². The van der Waals surface area contributed by atoms with Gasteiger partial charge in [-0.25, -0.2) is 8.78 Å². The molecule has 12 heavy (non-hydrogen) atoms. The maximum atomic E-state index is 12.9. The summed E-state index contributed by atoms with van der Waals surface area (Å²) in [6.45, 7) is 0. The third-order valence-electron chi connectivity index (χ3n) is 1.39. The lowest BCUT2D eigenvalue weighted by molar-refractivity contribution is -0.107. The molecule has 1 aromatic rings. The number of hydrogen-bond acceptors (Lipinski definition) is 1. The molecule has 0 unspecified atom stereocenters. The molecule has 0 amide bonds. The molecule has 0 aliphatic rings. The van der Waals surface area contributed by atoms with Crippen LogP contribution < -0.4 is 0 Å². The number of hydrogen-bond donors (Lipinski definition) is 0. The first-order chi connectivity index (χ1) is 5.65. The molecule has 0 spiro atoms. The van der Waals surface area contributed by atoms with E-state index in [1.807, 2.05) is 0 Å². The van der Waals surface area contributed by atoms with Gasteiger partial charge in [-0.05, 0) is 33.6 Å². The molecule has 0 aliphatic carbocycles. The van der Waals surface area contributed by atoms with E-state index in [1.165, 1.54) is 0 Å². The van der Waals surface area contributed by atoms with E-state index in [-0.39, 0.29) is 16.5 Å². The van der Waals surface area contributed by atoms with Gasteiger partial charge in [0.15, 0.2) is 0 Å². The summed E-state index contributed by atoms with van der Waals surface area (Å²) in [6.07, 6.45) is 0.432. The van der Waals surface area contributed by atoms with E-state index in [0.717, 1.165) is 12.1 Å². The molecular weight excluding hydrogens is 230 g/mol. The van der Waals surface area contributed by atoms with Gasteiger partial charge in [-0.1, -0.05) is 0 Å². The zero-order valence-electron chi connectivity index (χ0n) is 5.98. The number of carbonyl (C=O) groups is 1. The van der Waals surface area contributed by atoms with Crippen LogP contribution in [0.5, 0.6) is 0 Å². The minimum atomic E-state index is -0.574. The van der Waals surface area contributed by atoms with Crippen LogP contribution in [0, 0.1) is 11.6 Å². The van der Waals surface area contributed by atoms with Crippen LogP contribution >= 0.6 is 15.9 Å². The second-order valence-electron chi connectivity index (χ2n) is 2.23. The topological polar surface area (TPSA) is 17.1 Å². The Hall–Kier alpha value is -0.770. The highest BCUT2D eigenvalue weighted by Crippen LogP contribution is 2.19. The van der Waals surface area contributed by atoms with Crippen molar-refractivity contribution in [1.82, 2.24) is 0 Å². The highest BCUT2D eigenvalue weighted by molar-refractivity contribution is 9.10. The first-order valence-corrected chi connectivity index (χ1v) is 4.01. The smallest absolute Gasteiger partial charge is 0.137 e. The Labute approximate surface area is 76.5 Å². The molecule has 0 atom stereocenters. The van der Waals surface area contributed by atoms with Gasteiger partial charge in [0.25, 0.3) is 0 Å². The van der Waals surface area contributed by atoms with Crippen LogP contribution in [0.15, 0.2) is 16.6 Å². The molecule has 1 aromatic carbocycles. The molecule has 1 rings (SSSR count). The lowest BCUT2D eigenvalue weighted by atomic mass is 10.1. The highest BCUT2D eigenvalue weighted by atomic mass is 79.9. The van der Waals surface area contributed by atoms with Gasteiger partial charge in [-0.2, -0.15) is 0 Å². The lowest BCUT2D eigenvalue weighted by Crippen LogP contribution is -1.93. The number of carbonyl (C=O) groups excluding carboxylic acids is 1. The van der Waals surface area contributed by atoms with Crippen molar-refractivity contribution in [2.24, 2.45) is 0 Å². The number of rotatable bonds is 2. The number of aldehydes is 1. The predicted molar refractivity (Wildman–Crippen MR) is 43.8 cm³/mol. The van der Waals surface area contributed by atoms with Crippen molar-refractivity contribution in [2.45, 2.75) is 6.42 Å². The summed E-state index contributed by atoms with van der Waals surface area (Å²) in [6, 6.07) is 2.02. The van der Waals surface area contributed by atoms with Crippen LogP contribution in [0.1, 0.15) is 5.56 Å². The van der Waals surface area contributed by atoms with Gasteiger partial charge in [0, 0.05) is 6.42 Å². The molecule has 0 bridgehead atoms. The summed E-state index contributed by atoms with van der Waals surface area (Å²) >= 11 is 2.83. The molecule has 0 heterocycles. The van der Waals surface area contributed by atoms with Gasteiger partial charge in [0.1, 0.15) is 17.9 Å². The molecule has 0 N–H and O–H groups in total. The Morgan fingerprint density at radius 1 is 1.33 bits per heavy atom. The zero-order valence-corrected chi connectivity index (χ0v) is 7.57. The molecule has 64 valence electrons. The molecular formula is C8H5BrF2O. The van der Waals surface area contributed by atoms with Crippen molar-refractivity contribution in [2.75, 3.05) is 0 Å². The second-order valence-corrected chi connectivity index (χ2v) is 3.08. The number of halogens is 3. The van der Waals surface area contributed by atoms with Gasteiger partial charge in [0.05, 0.1) is 4.47 Å². The van der Waals surface area contributed by atoms with Gasteiger partial charge in [-0.3, -0.25) is 0 Å². The van der Waals surface area contributed by atoms with Crippen LogP contribution in [0.3, 0.4) is 0 Å². The first-order valence-electron chi connectivity index (χ1n) is 3.22. The zero-order chi connectivity index (χ0) is 9.14. The molecule has 0 aliphatic heterocycles. The summed E-state index contributed by atoms with van der Waals surface area (Å²) in [5, 5.41) is 0. The van der Waals surface area contributed by atoms with Gasteiger partial charge in [-0.15, -0.1) is 0 Å². The summed E-state index contributed by atoms with van der Waals surface area (Å²) < 4.78 is 25.7. The van der Waals surface area contributed by atoms with Crippen LogP contribution in [0.25, 0.3) is 0 Å². The third-order valence-corrected chi connectivity index (χ3v) is 2.00. The lowest BCUT2D eigenvalue weighted by Gasteiger charge is -1.99. The fraction of sp³-hybridized carbons (Fsp3) is 0.125. The molecule has 4 heteroatoms. The molecule has 0 saturated heterocycles. The van der Waals surface area contributed by atoms with Crippen LogP contribution in [0.2, 0.25) is 0 Å². The molecule has 0 aromatic heterocycles. The quantitative estimate of drug-likeness (QED) is 0.568. The van der Waals surface area contributed by atoms with Gasteiger partial charge in [0.2, 0.25) is 0 Å². The Kier molecular flexibility index (Phi) is 2.92. The predicted octanol–water partition coefficient (Wildman–Crippen LogP) is 2.47. The van der Waals surface area contributed by atoms with Crippen LogP contribution in [-0.2, 0) is 11.2 Å². The minimum absolute atomic E-state index is 0.0645. The van der Waals surface area contributed by atoms with E-state index in [1.54, 1.807) is 0 Å². The van der Waals surface area contributed by atoms with E-state index >= 15 is 0 Å². The van der Waals surface area contributed by atoms with Gasteiger partial charge < -0.3 is 4.79 Å². The van der Waals surface area contributed by atoms with Crippen molar-refractivity contribution in [3.05, 3.63) is 33.8 Å². The van der Waals surface area contributed by atoms with Crippen molar-refractivity contribution >= 4 is 22.2 Å². The van der Waals surface area contributed by atoms with Crippen LogP contribution in [-0.4, -0.2) is 6.29 Å². The molecule has 0 fully saturated rings. The van der Waals surface area contributed by atoms with E-state index in [2.05, 4.69) is 15.9 Å². The Morgan fingerprint density at radius 3 is 2.58 bits per heavy atom. The van der Waals surface area contributed by atoms with Crippen molar-refractivity contribution < 1.29 is 13.6 Å². The van der Waals surface area contributed by atoms with Crippen molar-refractivity contribution in [3.8, 4) is 0 Å².